The van der Waals surface area contributed by atoms with Crippen LogP contribution in [0.3, 0.4) is 0 Å². The second-order valence-electron chi connectivity index (χ2n) is 5.50. The van der Waals surface area contributed by atoms with E-state index in [1.54, 1.807) is 11.6 Å². The summed E-state index contributed by atoms with van der Waals surface area (Å²) in [4.78, 5) is 4.06. The Morgan fingerprint density at radius 2 is 1.77 bits per heavy atom. The maximum Gasteiger partial charge on any atom is 0.408 e. The van der Waals surface area contributed by atoms with E-state index in [4.69, 9.17) is 0 Å². The van der Waals surface area contributed by atoms with Gasteiger partial charge in [0.1, 0.15) is 11.9 Å². The Balaban J connectivity index is 1.99. The van der Waals surface area contributed by atoms with Crippen molar-refractivity contribution in [3.8, 4) is 0 Å². The number of aromatic nitrogens is 3. The van der Waals surface area contributed by atoms with Gasteiger partial charge in [-0.25, -0.2) is 22.3 Å². The Morgan fingerprint density at radius 3 is 2.38 bits per heavy atom. The first-order valence-corrected chi connectivity index (χ1v) is 8.72. The molecule has 1 unspecified atom stereocenters. The van der Waals surface area contributed by atoms with Crippen molar-refractivity contribution in [2.75, 3.05) is 0 Å². The van der Waals surface area contributed by atoms with Crippen LogP contribution in [0.1, 0.15) is 17.3 Å². The lowest BCUT2D eigenvalue weighted by atomic mass is 10.1. The number of benzene rings is 1. The molecular formula is C15H12F4N4O2S. The Kier molecular flexibility index (Phi) is 4.44. The molecule has 0 aliphatic carbocycles. The highest BCUT2D eigenvalue weighted by Crippen LogP contribution is 2.34. The van der Waals surface area contributed by atoms with E-state index in [2.05, 4.69) is 10.1 Å². The zero-order valence-corrected chi connectivity index (χ0v) is 14.0. The Morgan fingerprint density at radius 1 is 1.12 bits per heavy atom. The average Bonchev–Trinajstić information content (AvgIpc) is 2.92. The third-order valence-electron chi connectivity index (χ3n) is 3.50. The third kappa shape index (κ3) is 3.68. The highest BCUT2D eigenvalue weighted by Gasteiger charge is 2.43. The number of rotatable bonds is 4. The van der Waals surface area contributed by atoms with Gasteiger partial charge in [-0.3, -0.25) is 0 Å². The normalized spacial score (nSPS) is 13.9. The number of hydrogen-bond acceptors (Lipinski definition) is 4. The van der Waals surface area contributed by atoms with Crippen molar-refractivity contribution in [3.05, 3.63) is 59.7 Å². The molecule has 0 spiro atoms. The van der Waals surface area contributed by atoms with E-state index < -0.39 is 38.6 Å². The lowest BCUT2D eigenvalue weighted by Crippen LogP contribution is -2.38. The van der Waals surface area contributed by atoms with E-state index in [0.717, 1.165) is 34.8 Å². The van der Waals surface area contributed by atoms with Crippen molar-refractivity contribution < 1.29 is 26.0 Å². The molecule has 1 atom stereocenters. The molecule has 2 heterocycles. The van der Waals surface area contributed by atoms with Crippen LogP contribution in [0.2, 0.25) is 0 Å². The van der Waals surface area contributed by atoms with Gasteiger partial charge in [0, 0.05) is 0 Å². The van der Waals surface area contributed by atoms with E-state index in [1.807, 2.05) is 0 Å². The first kappa shape index (κ1) is 18.3. The van der Waals surface area contributed by atoms with Gasteiger partial charge in [-0.05, 0) is 36.8 Å². The fourth-order valence-corrected chi connectivity index (χ4v) is 3.46. The van der Waals surface area contributed by atoms with Crippen LogP contribution in [0.25, 0.3) is 5.65 Å². The molecule has 3 aromatic rings. The predicted molar refractivity (Wildman–Crippen MR) is 83.2 cm³/mol. The van der Waals surface area contributed by atoms with Crippen LogP contribution in [-0.2, 0) is 10.0 Å². The van der Waals surface area contributed by atoms with Crippen molar-refractivity contribution in [3.63, 3.8) is 0 Å². The number of alkyl halides is 3. The van der Waals surface area contributed by atoms with Crippen LogP contribution < -0.4 is 4.72 Å². The van der Waals surface area contributed by atoms with Crippen molar-refractivity contribution in [1.29, 1.82) is 0 Å². The third-order valence-corrected chi connectivity index (χ3v) is 4.81. The van der Waals surface area contributed by atoms with Gasteiger partial charge < -0.3 is 0 Å². The average molecular weight is 388 g/mol. The number of halogens is 4. The molecule has 0 aliphatic rings. The van der Waals surface area contributed by atoms with Crippen molar-refractivity contribution >= 4 is 15.7 Å². The zero-order chi connectivity index (χ0) is 19.1. The second-order valence-corrected chi connectivity index (χ2v) is 7.16. The molecule has 0 saturated carbocycles. The lowest BCUT2D eigenvalue weighted by molar-refractivity contribution is -0.153. The topological polar surface area (TPSA) is 76.4 Å². The van der Waals surface area contributed by atoms with Crippen molar-refractivity contribution in [2.24, 2.45) is 0 Å². The smallest absolute Gasteiger partial charge is 0.232 e. The minimum absolute atomic E-state index is 0.354. The number of fused-ring (bicyclic) bond motifs is 1. The molecule has 0 radical (unpaired) electrons. The molecule has 138 valence electrons. The Labute approximate surface area is 145 Å². The fourth-order valence-electron chi connectivity index (χ4n) is 2.32. The first-order valence-electron chi connectivity index (χ1n) is 7.24. The standard InChI is InChI=1S/C15H12F4N4O2S/c1-9-8-23-12(20-9)6-7-13(21-23)26(24,25)22-14(15(17,18)19)10-2-4-11(16)5-3-10/h2-8,14,22H,1H3. The lowest BCUT2D eigenvalue weighted by Gasteiger charge is -2.21. The van der Waals surface area contributed by atoms with Crippen LogP contribution in [0.5, 0.6) is 0 Å². The molecule has 6 nitrogen and oxygen atoms in total. The number of imidazole rings is 1. The fraction of sp³-hybridized carbons (Fsp3) is 0.200. The summed E-state index contributed by atoms with van der Waals surface area (Å²) >= 11 is 0. The zero-order valence-electron chi connectivity index (χ0n) is 13.2. The number of aryl methyl sites for hydroxylation is 1. The molecule has 0 fully saturated rings. The largest absolute Gasteiger partial charge is 0.408 e. The number of nitrogens with zero attached hydrogens (tertiary/aromatic N) is 3. The van der Waals surface area contributed by atoms with E-state index in [-0.39, 0.29) is 0 Å². The summed E-state index contributed by atoms with van der Waals surface area (Å²) < 4.78 is 80.6. The molecule has 26 heavy (non-hydrogen) atoms. The van der Waals surface area contributed by atoms with Crippen LogP contribution in [0.4, 0.5) is 17.6 Å². The monoisotopic (exact) mass is 388 g/mol. The van der Waals surface area contributed by atoms with Crippen LogP contribution in [-0.4, -0.2) is 29.2 Å². The first-order chi connectivity index (χ1) is 12.1. The molecular weight excluding hydrogens is 376 g/mol. The van der Waals surface area contributed by atoms with Gasteiger partial charge in [0.25, 0.3) is 10.0 Å². The summed E-state index contributed by atoms with van der Waals surface area (Å²) in [5.41, 5.74) is 0.480. The summed E-state index contributed by atoms with van der Waals surface area (Å²) in [7, 11) is -4.61. The summed E-state index contributed by atoms with van der Waals surface area (Å²) in [6.07, 6.45) is -3.49. The number of sulfonamides is 1. The molecule has 2 aromatic heterocycles. The van der Waals surface area contributed by atoms with Gasteiger partial charge in [-0.1, -0.05) is 12.1 Å². The second kappa shape index (κ2) is 6.32. The number of hydrogen-bond donors (Lipinski definition) is 1. The minimum atomic E-state index is -4.93. The highest BCUT2D eigenvalue weighted by molar-refractivity contribution is 7.89. The number of nitrogens with one attached hydrogen (secondary N) is 1. The maximum absolute atomic E-state index is 13.4. The quantitative estimate of drug-likeness (QED) is 0.698. The van der Waals surface area contributed by atoms with Gasteiger partial charge >= 0.3 is 6.18 Å². The van der Waals surface area contributed by atoms with Crippen LogP contribution in [0.15, 0.2) is 47.6 Å². The van der Waals surface area contributed by atoms with Gasteiger partial charge in [0.15, 0.2) is 10.7 Å². The van der Waals surface area contributed by atoms with Crippen molar-refractivity contribution in [1.82, 2.24) is 19.3 Å². The summed E-state index contributed by atoms with van der Waals surface area (Å²) in [6.45, 7) is 1.66. The van der Waals surface area contributed by atoms with E-state index in [0.29, 0.717) is 11.3 Å². The van der Waals surface area contributed by atoms with Crippen LogP contribution in [0, 0.1) is 12.7 Å². The Hall–Kier alpha value is -2.53. The summed E-state index contributed by atoms with van der Waals surface area (Å²) in [5.74, 6) is -0.736. The molecule has 11 heteroatoms. The summed E-state index contributed by atoms with van der Waals surface area (Å²) in [6, 6.07) is 3.21. The molecule has 0 saturated heterocycles. The SMILES string of the molecule is Cc1cn2nc(S(=O)(=O)NC(c3ccc(F)cc3)C(F)(F)F)ccc2n1. The Bertz CT molecular complexity index is 1050. The molecule has 1 N–H and O–H groups in total. The van der Waals surface area contributed by atoms with E-state index in [9.17, 15) is 26.0 Å². The van der Waals surface area contributed by atoms with Crippen LogP contribution >= 0.6 is 0 Å². The molecule has 0 amide bonds. The van der Waals surface area contributed by atoms with Gasteiger partial charge in [-0.15, -0.1) is 0 Å². The molecule has 0 bridgehead atoms. The van der Waals surface area contributed by atoms with Gasteiger partial charge in [-0.2, -0.15) is 23.0 Å². The van der Waals surface area contributed by atoms with E-state index in [1.165, 1.54) is 12.3 Å². The summed E-state index contributed by atoms with van der Waals surface area (Å²) in [5, 5.41) is 3.19. The molecule has 1 aromatic carbocycles. The van der Waals surface area contributed by atoms with Gasteiger partial charge in [0.2, 0.25) is 0 Å². The molecule has 3 rings (SSSR count). The molecule has 0 aliphatic heterocycles. The predicted octanol–water partition coefficient (Wildman–Crippen LogP) is 2.76. The van der Waals surface area contributed by atoms with Crippen molar-refractivity contribution in [2.45, 2.75) is 24.2 Å². The van der Waals surface area contributed by atoms with Gasteiger partial charge in [0.05, 0.1) is 11.9 Å². The van der Waals surface area contributed by atoms with E-state index >= 15 is 0 Å². The highest BCUT2D eigenvalue weighted by atomic mass is 32.2. The maximum atomic E-state index is 13.4. The minimum Gasteiger partial charge on any atom is -0.232 e.